The average Bonchev–Trinajstić information content (AvgIpc) is 3.12. The van der Waals surface area contributed by atoms with Gasteiger partial charge in [-0.2, -0.15) is 8.42 Å². The molecule has 0 fully saturated rings. The van der Waals surface area contributed by atoms with Gasteiger partial charge in [0, 0.05) is 11.5 Å². The minimum Gasteiger partial charge on any atom is -0.748 e. The van der Waals surface area contributed by atoms with Crippen molar-refractivity contribution in [3.05, 3.63) is 30.3 Å². The molecule has 0 radical (unpaired) electrons. The summed E-state index contributed by atoms with van der Waals surface area (Å²) in [5, 5.41) is 0. The van der Waals surface area contributed by atoms with Gasteiger partial charge >= 0.3 is 80.9 Å². The maximum absolute atomic E-state index is 11.9. The van der Waals surface area contributed by atoms with E-state index < -0.39 is 30.4 Å². The fourth-order valence-electron chi connectivity index (χ4n) is 5.95. The Morgan fingerprint density at radius 3 is 0.929 bits per heavy atom. The SMILES string of the molecule is CCCCCCCCCCCCOS(=O)(=O)c1ccccc1.CCCCCCCCCCCCS(=O)(=O)[O-].CCCCCCCCCCCCS(=O)(=O)[O-].[K+].[Na+]. The van der Waals surface area contributed by atoms with Crippen LogP contribution >= 0.6 is 0 Å². The molecule has 0 spiro atoms. The van der Waals surface area contributed by atoms with E-state index in [2.05, 4.69) is 20.8 Å². The zero-order valence-electron chi connectivity index (χ0n) is 36.6. The maximum Gasteiger partial charge on any atom is 1.00 e. The molecule has 1 aromatic carbocycles. The van der Waals surface area contributed by atoms with E-state index >= 15 is 0 Å². The molecule has 0 unspecified atom stereocenters. The van der Waals surface area contributed by atoms with Gasteiger partial charge in [0.15, 0.2) is 0 Å². The summed E-state index contributed by atoms with van der Waals surface area (Å²) in [7, 11) is -11.5. The molecule has 14 heteroatoms. The summed E-state index contributed by atoms with van der Waals surface area (Å²) in [6, 6.07) is 8.33. The predicted octanol–water partition coefficient (Wildman–Crippen LogP) is 6.23. The molecule has 1 aromatic rings. The molecule has 9 nitrogen and oxygen atoms in total. The third-order valence-corrected chi connectivity index (χ3v) is 12.2. The van der Waals surface area contributed by atoms with Gasteiger partial charge in [0.25, 0.3) is 10.1 Å². The van der Waals surface area contributed by atoms with Crippen LogP contribution in [0, 0.1) is 0 Å². The Bertz CT molecular complexity index is 1200. The van der Waals surface area contributed by atoms with Crippen LogP contribution in [0.5, 0.6) is 0 Å². The van der Waals surface area contributed by atoms with Crippen molar-refractivity contribution in [1.82, 2.24) is 0 Å². The maximum atomic E-state index is 11.9. The Morgan fingerprint density at radius 2 is 0.661 bits per heavy atom. The monoisotopic (exact) mass is 886 g/mol. The van der Waals surface area contributed by atoms with Crippen LogP contribution in [0.4, 0.5) is 0 Å². The Labute approximate surface area is 411 Å². The quantitative estimate of drug-likeness (QED) is 0.0334. The summed E-state index contributed by atoms with van der Waals surface area (Å²) in [4.78, 5) is 0.238. The van der Waals surface area contributed by atoms with Gasteiger partial charge in [0.2, 0.25) is 0 Å². The predicted molar refractivity (Wildman–Crippen MR) is 224 cm³/mol. The molecule has 0 saturated heterocycles. The zero-order chi connectivity index (χ0) is 40.7. The molecule has 322 valence electrons. The van der Waals surface area contributed by atoms with Crippen LogP contribution < -0.4 is 80.9 Å². The molecule has 0 amide bonds. The molecule has 0 aliphatic rings. The Hall–Kier alpha value is 1.59. The molecule has 0 aliphatic carbocycles. The third kappa shape index (κ3) is 53.6. The largest absolute Gasteiger partial charge is 1.00 e. The Kier molecular flexibility index (Phi) is 52.9. The van der Waals surface area contributed by atoms with Crippen LogP contribution in [0.25, 0.3) is 0 Å². The van der Waals surface area contributed by atoms with Gasteiger partial charge < -0.3 is 9.11 Å². The van der Waals surface area contributed by atoms with E-state index in [1.807, 2.05) is 0 Å². The molecule has 0 heterocycles. The summed E-state index contributed by atoms with van der Waals surface area (Å²) in [5.41, 5.74) is 0. The van der Waals surface area contributed by atoms with Gasteiger partial charge in [-0.3, -0.25) is 4.18 Å². The molecule has 0 N–H and O–H groups in total. The second-order valence-electron chi connectivity index (χ2n) is 14.7. The van der Waals surface area contributed by atoms with E-state index in [-0.39, 0.29) is 104 Å². The average molecular weight is 887 g/mol. The normalized spacial score (nSPS) is 11.4. The fraction of sp³-hybridized carbons (Fsp3) is 0.857. The van der Waals surface area contributed by atoms with E-state index in [1.165, 1.54) is 141 Å². The van der Waals surface area contributed by atoms with Gasteiger partial charge in [-0.1, -0.05) is 212 Å². The standard InChI is InChI=1S/C18H30O3S.2C12H26O3S.K.Na/c1-2-3-4-5-6-7-8-9-10-14-17-21-22(19,20)18-15-12-11-13-16-18;2*1-2-3-4-5-6-7-8-9-10-11-12-16(13,14)15;;/h11-13,15-16H,2-10,14,17H2,1H3;2*2-12H2,1H3,(H,13,14,15);;/q;;;2*+1/p-2. The first-order valence-corrected chi connectivity index (χ1v) is 26.2. The van der Waals surface area contributed by atoms with Crippen molar-refractivity contribution >= 4 is 30.4 Å². The van der Waals surface area contributed by atoms with E-state index in [0.717, 1.165) is 38.5 Å². The van der Waals surface area contributed by atoms with E-state index in [9.17, 15) is 34.4 Å². The van der Waals surface area contributed by atoms with Crippen LogP contribution in [0.2, 0.25) is 0 Å². The summed E-state index contributed by atoms with van der Waals surface area (Å²) in [6.45, 7) is 6.95. The van der Waals surface area contributed by atoms with Crippen molar-refractivity contribution in [2.45, 2.75) is 218 Å². The van der Waals surface area contributed by atoms with Crippen molar-refractivity contribution < 1.29 is 119 Å². The minimum atomic E-state index is -3.98. The second-order valence-corrected chi connectivity index (χ2v) is 19.3. The third-order valence-electron chi connectivity index (χ3n) is 9.26. The van der Waals surface area contributed by atoms with Crippen LogP contribution in [0.3, 0.4) is 0 Å². The number of hydrogen-bond acceptors (Lipinski definition) is 9. The van der Waals surface area contributed by atoms with Crippen LogP contribution in [-0.2, 0) is 34.5 Å². The number of rotatable bonds is 35. The van der Waals surface area contributed by atoms with Gasteiger partial charge in [0.05, 0.1) is 31.7 Å². The van der Waals surface area contributed by atoms with Crippen LogP contribution in [0.15, 0.2) is 35.2 Å². The smallest absolute Gasteiger partial charge is 0.748 e. The first-order valence-electron chi connectivity index (χ1n) is 21.6. The number of benzene rings is 1. The Morgan fingerprint density at radius 1 is 0.411 bits per heavy atom. The minimum absolute atomic E-state index is 0. The molecular weight excluding hydrogens is 807 g/mol. The zero-order valence-corrected chi connectivity index (χ0v) is 44.2. The van der Waals surface area contributed by atoms with Gasteiger partial charge in [-0.25, -0.2) is 16.8 Å². The molecule has 0 atom stereocenters. The van der Waals surface area contributed by atoms with Gasteiger partial charge in [0.1, 0.15) is 0 Å². The number of hydrogen-bond donors (Lipinski definition) is 0. The summed E-state index contributed by atoms with van der Waals surface area (Å²) in [5.74, 6) is -0.382. The van der Waals surface area contributed by atoms with Gasteiger partial charge in [-0.05, 0) is 31.4 Å². The van der Waals surface area contributed by atoms with Crippen LogP contribution in [0.1, 0.15) is 213 Å². The first kappa shape index (κ1) is 64.2. The topological polar surface area (TPSA) is 158 Å². The second kappa shape index (κ2) is 46.1. The summed E-state index contributed by atoms with van der Waals surface area (Å²) >= 11 is 0. The molecule has 56 heavy (non-hydrogen) atoms. The summed E-state index contributed by atoms with van der Waals surface area (Å²) in [6.07, 6.45) is 35.2. The Balaban J connectivity index is -0.000000363. The van der Waals surface area contributed by atoms with Crippen molar-refractivity contribution in [1.29, 1.82) is 0 Å². The van der Waals surface area contributed by atoms with Crippen molar-refractivity contribution in [2.75, 3.05) is 18.1 Å². The molecule has 0 saturated carbocycles. The number of unbranched alkanes of at least 4 members (excludes halogenated alkanes) is 27. The van der Waals surface area contributed by atoms with Crippen molar-refractivity contribution in [2.24, 2.45) is 0 Å². The van der Waals surface area contributed by atoms with Crippen molar-refractivity contribution in [3.8, 4) is 0 Å². The molecule has 0 aliphatic heterocycles. The first-order chi connectivity index (χ1) is 25.8. The van der Waals surface area contributed by atoms with E-state index in [4.69, 9.17) is 4.18 Å². The van der Waals surface area contributed by atoms with Crippen molar-refractivity contribution in [3.63, 3.8) is 0 Å². The summed E-state index contributed by atoms with van der Waals surface area (Å²) < 4.78 is 90.7. The molecule has 1 rings (SSSR count). The fourth-order valence-corrected chi connectivity index (χ4v) is 8.03. The molecular formula is C42H80KNaO9S3. The van der Waals surface area contributed by atoms with E-state index in [0.29, 0.717) is 12.8 Å². The molecule has 0 bridgehead atoms. The molecule has 0 aromatic heterocycles. The van der Waals surface area contributed by atoms with Crippen LogP contribution in [-0.4, -0.2) is 52.5 Å². The van der Waals surface area contributed by atoms with Gasteiger partial charge in [-0.15, -0.1) is 0 Å². The van der Waals surface area contributed by atoms with E-state index in [1.54, 1.807) is 30.3 Å².